The fraction of sp³-hybridized carbons (Fsp3) is 0.219. The van der Waals surface area contributed by atoms with Gasteiger partial charge < -0.3 is 9.15 Å². The summed E-state index contributed by atoms with van der Waals surface area (Å²) in [5.41, 5.74) is 4.58. The summed E-state index contributed by atoms with van der Waals surface area (Å²) in [5.74, 6) is 0.682. The lowest BCUT2D eigenvalue weighted by Crippen LogP contribution is -2.31. The molecule has 3 aromatic heterocycles. The fourth-order valence-corrected chi connectivity index (χ4v) is 5.86. The van der Waals surface area contributed by atoms with Crippen molar-refractivity contribution in [2.75, 3.05) is 0 Å². The lowest BCUT2D eigenvalue weighted by Gasteiger charge is -2.19. The predicted molar refractivity (Wildman–Crippen MR) is 162 cm³/mol. The molecule has 0 aliphatic rings. The number of hydrogen-bond donors (Lipinski definition) is 2. The summed E-state index contributed by atoms with van der Waals surface area (Å²) in [5, 5.41) is 6.25. The van der Waals surface area contributed by atoms with Gasteiger partial charge in [-0.25, -0.2) is 9.71 Å². The highest BCUT2D eigenvalue weighted by Gasteiger charge is 2.27. The SMILES string of the molecule is C=Cc1oc(-c2cc(C(=O)NS(=O)(=O)c3ccn[nH]3)c3c(OC(C)c4ccccc4)ccc(C)c3n2)c(C)c1CCC. The van der Waals surface area contributed by atoms with Crippen LogP contribution in [0.5, 0.6) is 5.75 Å². The van der Waals surface area contributed by atoms with E-state index in [-0.39, 0.29) is 16.7 Å². The zero-order chi connectivity index (χ0) is 30.0. The Balaban J connectivity index is 1.72. The highest BCUT2D eigenvalue weighted by Crippen LogP contribution is 2.38. The summed E-state index contributed by atoms with van der Waals surface area (Å²) >= 11 is 0. The van der Waals surface area contributed by atoms with E-state index in [0.717, 1.165) is 35.1 Å². The largest absolute Gasteiger partial charge is 0.485 e. The molecule has 0 fully saturated rings. The molecule has 0 saturated carbocycles. The number of aromatic amines is 1. The molecule has 0 bridgehead atoms. The first-order chi connectivity index (χ1) is 20.1. The summed E-state index contributed by atoms with van der Waals surface area (Å²) in [6.45, 7) is 11.7. The van der Waals surface area contributed by atoms with Gasteiger partial charge in [-0.1, -0.05) is 56.3 Å². The molecule has 3 heterocycles. The number of amides is 1. The molecule has 9 nitrogen and oxygen atoms in total. The monoisotopic (exact) mass is 584 g/mol. The van der Waals surface area contributed by atoms with Gasteiger partial charge in [0.2, 0.25) is 0 Å². The number of nitrogens with one attached hydrogen (secondary N) is 2. The van der Waals surface area contributed by atoms with Crippen molar-refractivity contribution < 1.29 is 22.4 Å². The Morgan fingerprint density at radius 1 is 1.17 bits per heavy atom. The van der Waals surface area contributed by atoms with Crippen LogP contribution >= 0.6 is 0 Å². The van der Waals surface area contributed by atoms with Gasteiger partial charge in [0.25, 0.3) is 15.9 Å². The minimum absolute atomic E-state index is 0.0741. The molecule has 2 N–H and O–H groups in total. The Bertz CT molecular complexity index is 1880. The summed E-state index contributed by atoms with van der Waals surface area (Å²) in [4.78, 5) is 18.8. The highest BCUT2D eigenvalue weighted by atomic mass is 32.2. The average molecular weight is 585 g/mol. The number of rotatable bonds is 10. The van der Waals surface area contributed by atoms with Crippen molar-refractivity contribution in [3.63, 3.8) is 0 Å². The first-order valence-electron chi connectivity index (χ1n) is 13.6. The van der Waals surface area contributed by atoms with E-state index in [1.807, 2.05) is 57.2 Å². The van der Waals surface area contributed by atoms with E-state index in [1.54, 1.807) is 18.2 Å². The van der Waals surface area contributed by atoms with Crippen LogP contribution in [-0.4, -0.2) is 29.5 Å². The number of furan rings is 1. The van der Waals surface area contributed by atoms with Gasteiger partial charge >= 0.3 is 0 Å². The number of nitrogens with zero attached hydrogens (tertiary/aromatic N) is 2. The molecule has 42 heavy (non-hydrogen) atoms. The van der Waals surface area contributed by atoms with E-state index < -0.39 is 15.9 Å². The molecule has 1 unspecified atom stereocenters. The van der Waals surface area contributed by atoms with E-state index in [4.69, 9.17) is 14.1 Å². The van der Waals surface area contributed by atoms with Crippen LogP contribution in [0.3, 0.4) is 0 Å². The number of aromatic nitrogens is 3. The number of benzene rings is 2. The maximum Gasteiger partial charge on any atom is 0.281 e. The van der Waals surface area contributed by atoms with E-state index in [9.17, 15) is 13.2 Å². The number of pyridine rings is 1. The van der Waals surface area contributed by atoms with Crippen LogP contribution in [0.25, 0.3) is 28.4 Å². The maximum absolute atomic E-state index is 13.8. The molecule has 10 heteroatoms. The lowest BCUT2D eigenvalue weighted by atomic mass is 10.00. The Labute approximate surface area is 244 Å². The van der Waals surface area contributed by atoms with Gasteiger partial charge in [0, 0.05) is 11.1 Å². The molecule has 1 atom stereocenters. The van der Waals surface area contributed by atoms with Gasteiger partial charge in [-0.05, 0) is 62.6 Å². The summed E-state index contributed by atoms with van der Waals surface area (Å²) in [6, 6.07) is 16.1. The van der Waals surface area contributed by atoms with Gasteiger partial charge in [0.05, 0.1) is 22.7 Å². The number of ether oxygens (including phenoxy) is 1. The van der Waals surface area contributed by atoms with Gasteiger partial charge in [-0.2, -0.15) is 13.5 Å². The number of fused-ring (bicyclic) bond motifs is 1. The molecule has 0 saturated heterocycles. The fourth-order valence-electron chi connectivity index (χ4n) is 4.98. The topological polar surface area (TPSA) is 127 Å². The first-order valence-corrected chi connectivity index (χ1v) is 15.1. The van der Waals surface area contributed by atoms with Crippen LogP contribution < -0.4 is 9.46 Å². The van der Waals surface area contributed by atoms with Crippen molar-refractivity contribution in [1.82, 2.24) is 19.9 Å². The second-order valence-corrected chi connectivity index (χ2v) is 11.7. The van der Waals surface area contributed by atoms with Crippen LogP contribution in [0.15, 0.2) is 76.8 Å². The highest BCUT2D eigenvalue weighted by molar-refractivity contribution is 7.90. The third kappa shape index (κ3) is 5.45. The van der Waals surface area contributed by atoms with Gasteiger partial charge in [0.1, 0.15) is 23.3 Å². The molecule has 216 valence electrons. The molecule has 5 rings (SSSR count). The smallest absolute Gasteiger partial charge is 0.281 e. The third-order valence-corrected chi connectivity index (χ3v) is 8.41. The molecule has 0 spiro atoms. The molecule has 2 aromatic carbocycles. The zero-order valence-corrected chi connectivity index (χ0v) is 24.7. The first kappa shape index (κ1) is 28.8. The second-order valence-electron chi connectivity index (χ2n) is 10.0. The quantitative estimate of drug-likeness (QED) is 0.187. The van der Waals surface area contributed by atoms with E-state index >= 15 is 0 Å². The number of sulfonamides is 1. The number of carbonyl (C=O) groups is 1. The van der Waals surface area contributed by atoms with Crippen LogP contribution in [0.2, 0.25) is 0 Å². The Hall–Kier alpha value is -4.70. The Morgan fingerprint density at radius 2 is 1.93 bits per heavy atom. The minimum atomic E-state index is -4.24. The van der Waals surface area contributed by atoms with E-state index in [1.165, 1.54) is 12.3 Å². The molecule has 0 aliphatic heterocycles. The van der Waals surface area contributed by atoms with E-state index in [2.05, 4.69) is 28.4 Å². The van der Waals surface area contributed by atoms with Gasteiger partial charge in [0.15, 0.2) is 10.8 Å². The number of carbonyl (C=O) groups excluding carboxylic acids is 1. The number of H-pyrrole nitrogens is 1. The van der Waals surface area contributed by atoms with Crippen molar-refractivity contribution in [1.29, 1.82) is 0 Å². The lowest BCUT2D eigenvalue weighted by molar-refractivity contribution is 0.0982. The predicted octanol–water partition coefficient (Wildman–Crippen LogP) is 6.69. The van der Waals surface area contributed by atoms with E-state index in [0.29, 0.717) is 33.9 Å². The molecular weight excluding hydrogens is 552 g/mol. The van der Waals surface area contributed by atoms with Gasteiger partial charge in [-0.15, -0.1) is 0 Å². The Morgan fingerprint density at radius 3 is 2.60 bits per heavy atom. The number of aryl methyl sites for hydroxylation is 1. The summed E-state index contributed by atoms with van der Waals surface area (Å²) < 4.78 is 40.8. The minimum Gasteiger partial charge on any atom is -0.485 e. The van der Waals surface area contributed by atoms with Crippen LogP contribution in [0.1, 0.15) is 64.7 Å². The van der Waals surface area contributed by atoms with Crippen LogP contribution in [0.4, 0.5) is 0 Å². The maximum atomic E-state index is 13.8. The zero-order valence-electron chi connectivity index (χ0n) is 23.9. The molecule has 5 aromatic rings. The van der Waals surface area contributed by atoms with Crippen molar-refractivity contribution in [2.45, 2.75) is 51.7 Å². The summed E-state index contributed by atoms with van der Waals surface area (Å²) in [6.07, 6.45) is 4.29. The van der Waals surface area contributed by atoms with Crippen LogP contribution in [-0.2, 0) is 16.4 Å². The molecule has 1 amide bonds. The molecule has 0 aliphatic carbocycles. The number of hydrogen-bond acceptors (Lipinski definition) is 7. The normalized spacial score (nSPS) is 12.3. The summed E-state index contributed by atoms with van der Waals surface area (Å²) in [7, 11) is -4.24. The van der Waals surface area contributed by atoms with Crippen LogP contribution in [0, 0.1) is 13.8 Å². The standard InChI is InChI=1S/C32H32N4O5S/c1-6-11-23-20(4)31(41-26(23)7-2)25-18-24(32(37)36-42(38,39)28-16-17-33-35-28)29-27(15-14-19(3)30(29)34-25)40-21(5)22-12-9-8-10-13-22/h7-10,12-18,21H,2,6,11H2,1,3-5H3,(H,33,35)(H,36,37). The third-order valence-electron chi connectivity index (χ3n) is 7.15. The molecule has 0 radical (unpaired) electrons. The Kier molecular flexibility index (Phi) is 8.00. The molecular formula is C32H32N4O5S. The van der Waals surface area contributed by atoms with Gasteiger partial charge in [-0.3, -0.25) is 9.89 Å². The van der Waals surface area contributed by atoms with Crippen molar-refractivity contribution in [2.24, 2.45) is 0 Å². The van der Waals surface area contributed by atoms with Crippen molar-refractivity contribution in [3.8, 4) is 17.2 Å². The average Bonchev–Trinajstić information content (AvgIpc) is 3.64. The van der Waals surface area contributed by atoms with Crippen molar-refractivity contribution in [3.05, 3.63) is 101 Å². The second kappa shape index (κ2) is 11.7. The van der Waals surface area contributed by atoms with Crippen molar-refractivity contribution >= 4 is 32.9 Å².